The fourth-order valence-corrected chi connectivity index (χ4v) is 3.19. The molecule has 2 unspecified atom stereocenters. The predicted molar refractivity (Wildman–Crippen MR) is 87.3 cm³/mol. The summed E-state index contributed by atoms with van der Waals surface area (Å²) in [5.41, 5.74) is 6.21. The number of hydrogen-bond donors (Lipinski definition) is 3. The van der Waals surface area contributed by atoms with Crippen LogP contribution in [0.2, 0.25) is 5.02 Å². The smallest absolute Gasteiger partial charge is 0.316 e. The van der Waals surface area contributed by atoms with Gasteiger partial charge < -0.3 is 16.2 Å². The van der Waals surface area contributed by atoms with Crippen molar-refractivity contribution in [2.75, 3.05) is 0 Å². The number of carboxylic acids is 1. The molecule has 118 valence electrons. The number of urea groups is 1. The summed E-state index contributed by atoms with van der Waals surface area (Å²) in [7, 11) is 0. The monoisotopic (exact) mass is 330 g/mol. The summed E-state index contributed by atoms with van der Waals surface area (Å²) in [6.07, 6.45) is 0.298. The molecule has 1 aliphatic carbocycles. The molecule has 0 heterocycles. The van der Waals surface area contributed by atoms with Gasteiger partial charge in [0.2, 0.25) is 0 Å². The van der Waals surface area contributed by atoms with Crippen molar-refractivity contribution in [3.8, 4) is 11.1 Å². The van der Waals surface area contributed by atoms with E-state index in [2.05, 4.69) is 5.32 Å². The molecule has 0 saturated heterocycles. The highest BCUT2D eigenvalue weighted by Crippen LogP contribution is 2.52. The lowest BCUT2D eigenvalue weighted by Crippen LogP contribution is -2.38. The number of carbonyl (C=O) groups is 2. The van der Waals surface area contributed by atoms with Gasteiger partial charge in [-0.2, -0.15) is 0 Å². The molecule has 6 heteroatoms. The lowest BCUT2D eigenvalue weighted by Gasteiger charge is -2.18. The molecular formula is C17H15ClN2O3. The zero-order valence-corrected chi connectivity index (χ0v) is 12.9. The van der Waals surface area contributed by atoms with Gasteiger partial charge in [0.15, 0.2) is 0 Å². The highest BCUT2D eigenvalue weighted by atomic mass is 35.5. The van der Waals surface area contributed by atoms with Crippen molar-refractivity contribution >= 4 is 23.6 Å². The van der Waals surface area contributed by atoms with Crippen LogP contribution in [0.5, 0.6) is 0 Å². The Kier molecular flexibility index (Phi) is 3.74. The zero-order valence-electron chi connectivity index (χ0n) is 12.1. The van der Waals surface area contributed by atoms with Crippen LogP contribution in [0, 0.1) is 0 Å². The second-order valence-electron chi connectivity index (χ2n) is 5.60. The van der Waals surface area contributed by atoms with Gasteiger partial charge in [-0.1, -0.05) is 48.0 Å². The SMILES string of the molecule is NC(=O)NC1CC1(C(=O)O)c1ccc(Cl)cc1-c1ccccc1. The van der Waals surface area contributed by atoms with Crippen LogP contribution in [-0.4, -0.2) is 23.1 Å². The molecule has 5 nitrogen and oxygen atoms in total. The minimum Gasteiger partial charge on any atom is -0.481 e. The number of rotatable bonds is 4. The Morgan fingerprint density at radius 2 is 1.91 bits per heavy atom. The molecule has 0 radical (unpaired) electrons. The topological polar surface area (TPSA) is 92.4 Å². The van der Waals surface area contributed by atoms with Crippen molar-refractivity contribution in [1.29, 1.82) is 0 Å². The quantitative estimate of drug-likeness (QED) is 0.804. The molecule has 0 spiro atoms. The number of carboxylic acid groups (broad SMARTS) is 1. The van der Waals surface area contributed by atoms with Gasteiger partial charge in [0.25, 0.3) is 0 Å². The minimum atomic E-state index is -1.18. The van der Waals surface area contributed by atoms with Gasteiger partial charge in [-0.15, -0.1) is 0 Å². The second-order valence-corrected chi connectivity index (χ2v) is 6.03. The lowest BCUT2D eigenvalue weighted by molar-refractivity contribution is -0.140. The third-order valence-corrected chi connectivity index (χ3v) is 4.44. The van der Waals surface area contributed by atoms with Crippen LogP contribution >= 0.6 is 11.6 Å². The molecule has 2 aromatic rings. The second kappa shape index (κ2) is 5.59. The Morgan fingerprint density at radius 1 is 1.22 bits per heavy atom. The highest BCUT2D eigenvalue weighted by Gasteiger charge is 2.63. The van der Waals surface area contributed by atoms with Crippen molar-refractivity contribution in [2.45, 2.75) is 17.9 Å². The third kappa shape index (κ3) is 2.64. The molecule has 2 aromatic carbocycles. The molecule has 1 fully saturated rings. The number of benzene rings is 2. The first kappa shape index (κ1) is 15.4. The van der Waals surface area contributed by atoms with Crippen molar-refractivity contribution in [2.24, 2.45) is 5.73 Å². The molecular weight excluding hydrogens is 316 g/mol. The van der Waals surface area contributed by atoms with Gasteiger partial charge in [0.1, 0.15) is 5.41 Å². The predicted octanol–water partition coefficient (Wildman–Crippen LogP) is 2.77. The molecule has 0 aliphatic heterocycles. The first-order chi connectivity index (χ1) is 10.9. The largest absolute Gasteiger partial charge is 0.481 e. The van der Waals surface area contributed by atoms with Gasteiger partial charge in [0.05, 0.1) is 6.04 Å². The van der Waals surface area contributed by atoms with Crippen LogP contribution < -0.4 is 11.1 Å². The van der Waals surface area contributed by atoms with Crippen LogP contribution in [0.4, 0.5) is 4.79 Å². The van der Waals surface area contributed by atoms with E-state index in [9.17, 15) is 14.7 Å². The molecule has 1 aliphatic rings. The van der Waals surface area contributed by atoms with E-state index in [1.807, 2.05) is 30.3 Å². The van der Waals surface area contributed by atoms with E-state index >= 15 is 0 Å². The van der Waals surface area contributed by atoms with E-state index in [4.69, 9.17) is 17.3 Å². The Bertz CT molecular complexity index is 779. The van der Waals surface area contributed by atoms with Gasteiger partial charge in [0, 0.05) is 5.02 Å². The molecule has 3 rings (SSSR count). The molecule has 1 saturated carbocycles. The minimum absolute atomic E-state index is 0.298. The maximum atomic E-state index is 11.9. The van der Waals surface area contributed by atoms with E-state index in [0.717, 1.165) is 11.1 Å². The Labute approximate surface area is 138 Å². The first-order valence-corrected chi connectivity index (χ1v) is 7.48. The molecule has 4 N–H and O–H groups in total. The van der Waals surface area contributed by atoms with E-state index in [1.54, 1.807) is 18.2 Å². The molecule has 0 bridgehead atoms. The highest BCUT2D eigenvalue weighted by molar-refractivity contribution is 6.31. The third-order valence-electron chi connectivity index (χ3n) is 4.21. The van der Waals surface area contributed by atoms with E-state index in [-0.39, 0.29) is 0 Å². The summed E-state index contributed by atoms with van der Waals surface area (Å²) in [4.78, 5) is 23.0. The van der Waals surface area contributed by atoms with Crippen LogP contribution in [0.3, 0.4) is 0 Å². The van der Waals surface area contributed by atoms with Crippen LogP contribution in [0.15, 0.2) is 48.5 Å². The fourth-order valence-electron chi connectivity index (χ4n) is 3.02. The van der Waals surface area contributed by atoms with Crippen molar-refractivity contribution in [3.63, 3.8) is 0 Å². The normalized spacial score (nSPS) is 22.4. The summed E-state index contributed by atoms with van der Waals surface area (Å²) < 4.78 is 0. The summed E-state index contributed by atoms with van der Waals surface area (Å²) in [6.45, 7) is 0. The first-order valence-electron chi connectivity index (χ1n) is 7.10. The maximum Gasteiger partial charge on any atom is 0.316 e. The lowest BCUT2D eigenvalue weighted by atomic mass is 9.87. The van der Waals surface area contributed by atoms with Gasteiger partial charge in [-0.3, -0.25) is 4.79 Å². The van der Waals surface area contributed by atoms with Crippen molar-refractivity contribution in [1.82, 2.24) is 5.32 Å². The molecule has 0 aromatic heterocycles. The average molecular weight is 331 g/mol. The van der Waals surface area contributed by atoms with Crippen molar-refractivity contribution in [3.05, 3.63) is 59.1 Å². The summed E-state index contributed by atoms with van der Waals surface area (Å²) >= 11 is 6.10. The van der Waals surface area contributed by atoms with Gasteiger partial charge in [-0.25, -0.2) is 4.79 Å². The fraction of sp³-hybridized carbons (Fsp3) is 0.176. The Hall–Kier alpha value is -2.53. The number of primary amides is 1. The number of hydrogen-bond acceptors (Lipinski definition) is 2. The molecule has 2 amide bonds. The summed E-state index contributed by atoms with van der Waals surface area (Å²) in [6, 6.07) is 13.3. The van der Waals surface area contributed by atoms with Gasteiger partial charge in [-0.05, 0) is 35.2 Å². The maximum absolute atomic E-state index is 11.9. The van der Waals surface area contributed by atoms with E-state index in [1.165, 1.54) is 0 Å². The molecule has 2 atom stereocenters. The summed E-state index contributed by atoms with van der Waals surface area (Å²) in [5.74, 6) is -0.990. The van der Waals surface area contributed by atoms with Crippen LogP contribution in [0.25, 0.3) is 11.1 Å². The number of halogens is 1. The number of nitrogens with two attached hydrogens (primary N) is 1. The number of nitrogens with one attached hydrogen (secondary N) is 1. The zero-order chi connectivity index (χ0) is 16.6. The van der Waals surface area contributed by atoms with Crippen LogP contribution in [0.1, 0.15) is 12.0 Å². The average Bonchev–Trinajstić information content (AvgIpc) is 3.22. The number of amides is 2. The van der Waals surface area contributed by atoms with E-state index in [0.29, 0.717) is 17.0 Å². The Balaban J connectivity index is 2.13. The van der Waals surface area contributed by atoms with Crippen molar-refractivity contribution < 1.29 is 14.7 Å². The van der Waals surface area contributed by atoms with Crippen LogP contribution in [-0.2, 0) is 10.2 Å². The standard InChI is InChI=1S/C17H15ClN2O3/c18-11-6-7-13(12(8-11)10-4-2-1-3-5-10)17(15(21)22)9-14(17)20-16(19)23/h1-8,14H,9H2,(H,21,22)(H3,19,20,23). The Morgan fingerprint density at radius 3 is 2.52 bits per heavy atom. The summed E-state index contributed by atoms with van der Waals surface area (Å²) in [5, 5.41) is 12.8. The molecule has 23 heavy (non-hydrogen) atoms. The van der Waals surface area contributed by atoms with E-state index < -0.39 is 23.5 Å². The van der Waals surface area contributed by atoms with Gasteiger partial charge >= 0.3 is 12.0 Å². The number of aliphatic carboxylic acids is 1. The number of carbonyl (C=O) groups excluding carboxylic acids is 1.